The van der Waals surface area contributed by atoms with E-state index in [1.165, 1.54) is 12.1 Å². The molecule has 0 aliphatic carbocycles. The fourth-order valence-electron chi connectivity index (χ4n) is 2.19. The standard InChI is InChI=1S/C15H11FN2O2/c16-11-6-4-10(5-7-11)9-12-14(15(19)20)18-8-2-1-3-13(18)17-12/h1-8H,9H2,(H,19,20). The Bertz CT molecular complexity index is 778. The van der Waals surface area contributed by atoms with E-state index in [1.807, 2.05) is 0 Å². The number of imidazole rings is 1. The highest BCUT2D eigenvalue weighted by molar-refractivity contribution is 5.88. The van der Waals surface area contributed by atoms with Crippen molar-refractivity contribution < 1.29 is 14.3 Å². The van der Waals surface area contributed by atoms with E-state index in [4.69, 9.17) is 0 Å². The van der Waals surface area contributed by atoms with Gasteiger partial charge in [0.1, 0.15) is 11.5 Å². The van der Waals surface area contributed by atoms with Crippen molar-refractivity contribution >= 4 is 11.6 Å². The number of carbonyl (C=O) groups is 1. The van der Waals surface area contributed by atoms with Crippen molar-refractivity contribution in [3.8, 4) is 0 Å². The highest BCUT2D eigenvalue weighted by Crippen LogP contribution is 2.17. The first kappa shape index (κ1) is 12.3. The van der Waals surface area contributed by atoms with Gasteiger partial charge < -0.3 is 5.11 Å². The monoisotopic (exact) mass is 270 g/mol. The zero-order valence-corrected chi connectivity index (χ0v) is 10.5. The molecule has 4 nitrogen and oxygen atoms in total. The average molecular weight is 270 g/mol. The van der Waals surface area contributed by atoms with Crippen molar-refractivity contribution in [2.24, 2.45) is 0 Å². The van der Waals surface area contributed by atoms with Crippen molar-refractivity contribution in [2.75, 3.05) is 0 Å². The summed E-state index contributed by atoms with van der Waals surface area (Å²) in [5, 5.41) is 9.35. The molecular formula is C15H11FN2O2. The number of benzene rings is 1. The predicted octanol–water partition coefficient (Wildman–Crippen LogP) is 2.76. The minimum absolute atomic E-state index is 0.143. The van der Waals surface area contributed by atoms with Gasteiger partial charge in [0.2, 0.25) is 0 Å². The third-order valence-corrected chi connectivity index (χ3v) is 3.09. The second-order valence-corrected chi connectivity index (χ2v) is 4.44. The number of aromatic nitrogens is 2. The van der Waals surface area contributed by atoms with Gasteiger partial charge in [-0.15, -0.1) is 0 Å². The first-order valence-electron chi connectivity index (χ1n) is 6.09. The maximum Gasteiger partial charge on any atom is 0.354 e. The van der Waals surface area contributed by atoms with Gasteiger partial charge in [-0.2, -0.15) is 0 Å². The van der Waals surface area contributed by atoms with Gasteiger partial charge in [-0.25, -0.2) is 14.2 Å². The van der Waals surface area contributed by atoms with E-state index < -0.39 is 5.97 Å². The minimum atomic E-state index is -1.03. The molecule has 100 valence electrons. The van der Waals surface area contributed by atoms with Crippen LogP contribution in [0, 0.1) is 5.82 Å². The summed E-state index contributed by atoms with van der Waals surface area (Å²) in [5.74, 6) is -1.34. The Hall–Kier alpha value is -2.69. The number of carboxylic acid groups (broad SMARTS) is 1. The fraction of sp³-hybridized carbons (Fsp3) is 0.0667. The molecular weight excluding hydrogens is 259 g/mol. The molecule has 1 aromatic carbocycles. The van der Waals surface area contributed by atoms with Gasteiger partial charge in [-0.05, 0) is 29.8 Å². The smallest absolute Gasteiger partial charge is 0.354 e. The third kappa shape index (κ3) is 2.14. The maximum atomic E-state index is 12.9. The van der Waals surface area contributed by atoms with Crippen molar-refractivity contribution in [3.63, 3.8) is 0 Å². The highest BCUT2D eigenvalue weighted by atomic mass is 19.1. The molecule has 0 atom stereocenters. The molecule has 0 saturated carbocycles. The Kier molecular flexibility index (Phi) is 2.95. The number of nitrogens with zero attached hydrogens (tertiary/aromatic N) is 2. The van der Waals surface area contributed by atoms with Crippen LogP contribution in [-0.2, 0) is 6.42 Å². The second kappa shape index (κ2) is 4.77. The average Bonchev–Trinajstić information content (AvgIpc) is 2.79. The molecule has 0 aliphatic heterocycles. The molecule has 0 aliphatic rings. The number of carboxylic acids is 1. The van der Waals surface area contributed by atoms with Gasteiger partial charge in [-0.3, -0.25) is 4.40 Å². The Morgan fingerprint density at radius 3 is 2.65 bits per heavy atom. The molecule has 5 heteroatoms. The van der Waals surface area contributed by atoms with Gasteiger partial charge >= 0.3 is 5.97 Å². The van der Waals surface area contributed by atoms with Crippen LogP contribution in [0.25, 0.3) is 5.65 Å². The topological polar surface area (TPSA) is 54.6 Å². The van der Waals surface area contributed by atoms with Gasteiger partial charge in [-0.1, -0.05) is 18.2 Å². The van der Waals surface area contributed by atoms with Gasteiger partial charge in [0.15, 0.2) is 5.69 Å². The van der Waals surface area contributed by atoms with Crippen LogP contribution in [0.2, 0.25) is 0 Å². The first-order chi connectivity index (χ1) is 9.65. The second-order valence-electron chi connectivity index (χ2n) is 4.44. The maximum absolute atomic E-state index is 12.9. The van der Waals surface area contributed by atoms with Crippen LogP contribution < -0.4 is 0 Å². The van der Waals surface area contributed by atoms with Crippen LogP contribution in [0.4, 0.5) is 4.39 Å². The van der Waals surface area contributed by atoms with Crippen LogP contribution in [0.1, 0.15) is 21.7 Å². The summed E-state index contributed by atoms with van der Waals surface area (Å²) >= 11 is 0. The quantitative estimate of drug-likeness (QED) is 0.796. The molecule has 2 heterocycles. The molecule has 1 N–H and O–H groups in total. The molecule has 0 amide bonds. The molecule has 0 radical (unpaired) electrons. The van der Waals surface area contributed by atoms with E-state index in [0.29, 0.717) is 17.8 Å². The molecule has 0 unspecified atom stereocenters. The summed E-state index contributed by atoms with van der Waals surface area (Å²) in [7, 11) is 0. The lowest BCUT2D eigenvalue weighted by molar-refractivity contribution is 0.0688. The van der Waals surface area contributed by atoms with E-state index in [1.54, 1.807) is 40.9 Å². The van der Waals surface area contributed by atoms with E-state index in [-0.39, 0.29) is 11.5 Å². The van der Waals surface area contributed by atoms with E-state index in [2.05, 4.69) is 4.98 Å². The summed E-state index contributed by atoms with van der Waals surface area (Å²) in [5.41, 5.74) is 2.01. The molecule has 0 spiro atoms. The Morgan fingerprint density at radius 1 is 1.20 bits per heavy atom. The van der Waals surface area contributed by atoms with Crippen molar-refractivity contribution in [1.29, 1.82) is 0 Å². The van der Waals surface area contributed by atoms with E-state index in [9.17, 15) is 14.3 Å². The summed E-state index contributed by atoms with van der Waals surface area (Å²) in [4.78, 5) is 15.8. The molecule has 3 aromatic rings. The minimum Gasteiger partial charge on any atom is -0.477 e. The number of halogens is 1. The number of hydrogen-bond donors (Lipinski definition) is 1. The summed E-state index contributed by atoms with van der Waals surface area (Å²) < 4.78 is 14.4. The largest absolute Gasteiger partial charge is 0.477 e. The molecule has 0 bridgehead atoms. The normalized spacial score (nSPS) is 10.8. The lowest BCUT2D eigenvalue weighted by Crippen LogP contribution is -2.05. The molecule has 3 rings (SSSR count). The zero-order chi connectivity index (χ0) is 14.1. The molecule has 2 aromatic heterocycles. The zero-order valence-electron chi connectivity index (χ0n) is 10.5. The summed E-state index contributed by atoms with van der Waals surface area (Å²) in [6.45, 7) is 0. The van der Waals surface area contributed by atoms with Gasteiger partial charge in [0, 0.05) is 12.6 Å². The lowest BCUT2D eigenvalue weighted by Gasteiger charge is -2.01. The number of aromatic carboxylic acids is 1. The molecule has 0 fully saturated rings. The Balaban J connectivity index is 2.08. The van der Waals surface area contributed by atoms with Crippen LogP contribution >= 0.6 is 0 Å². The van der Waals surface area contributed by atoms with Gasteiger partial charge in [0.05, 0.1) is 5.69 Å². The molecule has 20 heavy (non-hydrogen) atoms. The highest BCUT2D eigenvalue weighted by Gasteiger charge is 2.18. The van der Waals surface area contributed by atoms with Crippen LogP contribution in [0.5, 0.6) is 0 Å². The Morgan fingerprint density at radius 2 is 1.95 bits per heavy atom. The van der Waals surface area contributed by atoms with Crippen molar-refractivity contribution in [2.45, 2.75) is 6.42 Å². The summed E-state index contributed by atoms with van der Waals surface area (Å²) in [6, 6.07) is 11.3. The van der Waals surface area contributed by atoms with Gasteiger partial charge in [0.25, 0.3) is 0 Å². The predicted molar refractivity (Wildman–Crippen MR) is 71.4 cm³/mol. The van der Waals surface area contributed by atoms with Crippen LogP contribution in [0.3, 0.4) is 0 Å². The van der Waals surface area contributed by atoms with Crippen LogP contribution in [0.15, 0.2) is 48.7 Å². The van der Waals surface area contributed by atoms with Crippen molar-refractivity contribution in [3.05, 3.63) is 71.4 Å². The summed E-state index contributed by atoms with van der Waals surface area (Å²) in [6.07, 6.45) is 2.02. The lowest BCUT2D eigenvalue weighted by atomic mass is 10.1. The van der Waals surface area contributed by atoms with E-state index >= 15 is 0 Å². The Labute approximate surface area is 114 Å². The number of fused-ring (bicyclic) bond motifs is 1. The number of rotatable bonds is 3. The van der Waals surface area contributed by atoms with Crippen molar-refractivity contribution in [1.82, 2.24) is 9.38 Å². The van der Waals surface area contributed by atoms with Crippen LogP contribution in [-0.4, -0.2) is 20.5 Å². The fourth-order valence-corrected chi connectivity index (χ4v) is 2.19. The molecule has 0 saturated heterocycles. The number of pyridine rings is 1. The third-order valence-electron chi connectivity index (χ3n) is 3.09. The van der Waals surface area contributed by atoms with E-state index in [0.717, 1.165) is 5.56 Å². The first-order valence-corrected chi connectivity index (χ1v) is 6.09. The number of hydrogen-bond acceptors (Lipinski definition) is 2. The SMILES string of the molecule is O=C(O)c1c(Cc2ccc(F)cc2)nc2ccccn12.